The Labute approximate surface area is 262 Å². The summed E-state index contributed by atoms with van der Waals surface area (Å²) in [5, 5.41) is 10.5. The smallest absolute Gasteiger partial charge is 0.0215 e. The van der Waals surface area contributed by atoms with Crippen LogP contribution >= 0.6 is 45.2 Å². The van der Waals surface area contributed by atoms with Crippen LogP contribution in [0.5, 0.6) is 0 Å². The van der Waals surface area contributed by atoms with E-state index in [-0.39, 0.29) is 0 Å². The van der Waals surface area contributed by atoms with E-state index in [1.165, 1.54) is 94.7 Å². The van der Waals surface area contributed by atoms with Gasteiger partial charge in [-0.3, -0.25) is 0 Å². The van der Waals surface area contributed by atoms with E-state index in [0.29, 0.717) is 0 Å². The van der Waals surface area contributed by atoms with Crippen molar-refractivity contribution in [3.8, 4) is 22.3 Å². The van der Waals surface area contributed by atoms with Gasteiger partial charge in [-0.1, -0.05) is 84.9 Å². The third-order valence-corrected chi connectivity index (χ3v) is 10.4. The molecule has 7 aromatic carbocycles. The van der Waals surface area contributed by atoms with Crippen molar-refractivity contribution in [1.82, 2.24) is 0 Å². The molecule has 0 saturated carbocycles. The summed E-state index contributed by atoms with van der Waals surface area (Å²) in [6, 6.07) is 36.5. The molecule has 2 heteroatoms. The van der Waals surface area contributed by atoms with Crippen LogP contribution in [-0.4, -0.2) is 0 Å². The Bertz CT molecular complexity index is 1940. The predicted octanol–water partition coefficient (Wildman–Crippen LogP) is 12.1. The summed E-state index contributed by atoms with van der Waals surface area (Å²) in [6.45, 7) is 8.99. The molecule has 7 aromatic rings. The van der Waals surface area contributed by atoms with Crippen LogP contribution < -0.4 is 0 Å². The normalized spacial score (nSPS) is 11.8. The monoisotopic (exact) mass is 738 g/mol. The highest BCUT2D eigenvalue weighted by atomic mass is 127. The average Bonchev–Trinajstić information content (AvgIpc) is 2.95. The SMILES string of the molecule is Cc1cc2c(-c3c(I)ccc4ccccc34)c3cc(C)c(C)cc3c(-c3c(I)ccc4ccccc34)c2cc1C. The molecule has 0 aliphatic carbocycles. The van der Waals surface area contributed by atoms with Gasteiger partial charge < -0.3 is 0 Å². The summed E-state index contributed by atoms with van der Waals surface area (Å²) in [5.74, 6) is 0. The molecule has 0 amide bonds. The van der Waals surface area contributed by atoms with Crippen molar-refractivity contribution < 1.29 is 0 Å². The van der Waals surface area contributed by atoms with E-state index in [4.69, 9.17) is 0 Å². The van der Waals surface area contributed by atoms with Crippen molar-refractivity contribution in [1.29, 1.82) is 0 Å². The Hall–Kier alpha value is -2.96. The molecule has 0 aliphatic heterocycles. The second kappa shape index (κ2) is 9.85. The van der Waals surface area contributed by atoms with Crippen molar-refractivity contribution in [3.05, 3.63) is 126 Å². The maximum absolute atomic E-state index is 2.54. The first-order valence-electron chi connectivity index (χ1n) is 13.7. The van der Waals surface area contributed by atoms with Crippen molar-refractivity contribution in [3.63, 3.8) is 0 Å². The number of halogens is 2. The number of hydrogen-bond donors (Lipinski definition) is 0. The zero-order valence-electron chi connectivity index (χ0n) is 23.0. The van der Waals surface area contributed by atoms with E-state index < -0.39 is 0 Å². The zero-order valence-corrected chi connectivity index (χ0v) is 27.3. The molecule has 0 nitrogen and oxygen atoms in total. The van der Waals surface area contributed by atoms with Crippen LogP contribution in [0, 0.1) is 34.8 Å². The number of fused-ring (bicyclic) bond motifs is 4. The van der Waals surface area contributed by atoms with Gasteiger partial charge >= 0.3 is 0 Å². The van der Waals surface area contributed by atoms with Crippen molar-refractivity contribution >= 4 is 88.3 Å². The fourth-order valence-corrected chi connectivity index (χ4v) is 7.77. The Balaban J connectivity index is 1.80. The molecular formula is C38H28I2. The minimum atomic E-state index is 1.28. The van der Waals surface area contributed by atoms with Gasteiger partial charge in [-0.15, -0.1) is 0 Å². The lowest BCUT2D eigenvalue weighted by Gasteiger charge is -2.23. The standard InChI is InChI=1S/C38H28I2/c1-21-17-29-30(18-22(21)2)36(38-28-12-8-6-10-26(28)14-16-34(38)40)32-20-24(4)23(3)19-31(32)35(29)37-27-11-7-5-9-25(27)13-15-33(37)39/h5-20H,1-4H3. The average molecular weight is 738 g/mol. The Morgan fingerprint density at radius 2 is 0.675 bits per heavy atom. The van der Waals surface area contributed by atoms with Gasteiger partial charge in [0.2, 0.25) is 0 Å². The molecule has 0 heterocycles. The molecule has 0 bridgehead atoms. The van der Waals surface area contributed by atoms with Crippen LogP contribution in [-0.2, 0) is 0 Å². The van der Waals surface area contributed by atoms with Gasteiger partial charge in [0.05, 0.1) is 0 Å². The summed E-state index contributed by atoms with van der Waals surface area (Å²) in [7, 11) is 0. The number of rotatable bonds is 2. The van der Waals surface area contributed by atoms with Gasteiger partial charge in [-0.2, -0.15) is 0 Å². The maximum atomic E-state index is 2.54. The first-order valence-corrected chi connectivity index (χ1v) is 15.8. The number of aryl methyl sites for hydroxylation is 4. The third-order valence-electron chi connectivity index (χ3n) is 8.60. The van der Waals surface area contributed by atoms with Gasteiger partial charge in [0, 0.05) is 18.3 Å². The summed E-state index contributed by atoms with van der Waals surface area (Å²) >= 11 is 5.09. The van der Waals surface area contributed by atoms with E-state index in [1.807, 2.05) is 0 Å². The lowest BCUT2D eigenvalue weighted by molar-refractivity contribution is 1.36. The molecule has 194 valence electrons. The lowest BCUT2D eigenvalue weighted by atomic mass is 9.81. The molecule has 0 N–H and O–H groups in total. The summed E-state index contributed by atoms with van der Waals surface area (Å²) in [6.07, 6.45) is 0. The third kappa shape index (κ3) is 3.98. The van der Waals surface area contributed by atoms with Crippen LogP contribution in [0.2, 0.25) is 0 Å². The molecule has 0 fully saturated rings. The van der Waals surface area contributed by atoms with Crippen LogP contribution in [0.25, 0.3) is 65.3 Å². The van der Waals surface area contributed by atoms with E-state index >= 15 is 0 Å². The van der Waals surface area contributed by atoms with Gasteiger partial charge in [0.1, 0.15) is 0 Å². The minimum absolute atomic E-state index is 1.28. The van der Waals surface area contributed by atoms with Crippen molar-refractivity contribution in [2.24, 2.45) is 0 Å². The largest absolute Gasteiger partial charge is 0.0616 e. The second-order valence-corrected chi connectivity index (χ2v) is 13.3. The quantitative estimate of drug-likeness (QED) is 0.122. The lowest BCUT2D eigenvalue weighted by Crippen LogP contribution is -1.98. The minimum Gasteiger partial charge on any atom is -0.0616 e. The van der Waals surface area contributed by atoms with Crippen LogP contribution in [0.4, 0.5) is 0 Å². The van der Waals surface area contributed by atoms with Crippen molar-refractivity contribution in [2.75, 3.05) is 0 Å². The molecule has 0 unspecified atom stereocenters. The van der Waals surface area contributed by atoms with Gasteiger partial charge in [0.15, 0.2) is 0 Å². The van der Waals surface area contributed by atoms with Crippen molar-refractivity contribution in [2.45, 2.75) is 27.7 Å². The predicted molar refractivity (Wildman–Crippen MR) is 192 cm³/mol. The molecular weight excluding hydrogens is 710 g/mol. The molecule has 40 heavy (non-hydrogen) atoms. The van der Waals surface area contributed by atoms with Gasteiger partial charge in [-0.05, 0) is 161 Å². The summed E-state index contributed by atoms with van der Waals surface area (Å²) in [5.41, 5.74) is 10.7. The van der Waals surface area contributed by atoms with Gasteiger partial charge in [-0.25, -0.2) is 0 Å². The van der Waals surface area contributed by atoms with Crippen LogP contribution in [0.15, 0.2) is 97.1 Å². The Morgan fingerprint density at radius 1 is 0.350 bits per heavy atom. The molecule has 0 spiro atoms. The fourth-order valence-electron chi connectivity index (χ4n) is 6.29. The second-order valence-electron chi connectivity index (χ2n) is 11.0. The van der Waals surface area contributed by atoms with Gasteiger partial charge in [0.25, 0.3) is 0 Å². The maximum Gasteiger partial charge on any atom is 0.0215 e. The topological polar surface area (TPSA) is 0 Å². The summed E-state index contributed by atoms with van der Waals surface area (Å²) < 4.78 is 2.56. The number of hydrogen-bond acceptors (Lipinski definition) is 0. The van der Waals surface area contributed by atoms with Crippen LogP contribution in [0.3, 0.4) is 0 Å². The van der Waals surface area contributed by atoms with E-state index in [1.54, 1.807) is 0 Å². The Morgan fingerprint density at radius 3 is 1.02 bits per heavy atom. The number of benzene rings is 7. The molecule has 0 atom stereocenters. The zero-order chi connectivity index (χ0) is 27.7. The van der Waals surface area contributed by atoms with E-state index in [0.717, 1.165) is 0 Å². The van der Waals surface area contributed by atoms with Crippen LogP contribution in [0.1, 0.15) is 22.3 Å². The molecule has 0 aliphatic rings. The fraction of sp³-hybridized carbons (Fsp3) is 0.105. The van der Waals surface area contributed by atoms with E-state index in [2.05, 4.69) is 170 Å². The Kier molecular flexibility index (Phi) is 6.39. The first-order chi connectivity index (χ1) is 19.3. The highest BCUT2D eigenvalue weighted by Gasteiger charge is 2.23. The molecule has 0 saturated heterocycles. The molecule has 0 radical (unpaired) electrons. The summed E-state index contributed by atoms with van der Waals surface area (Å²) in [4.78, 5) is 0. The molecule has 0 aromatic heterocycles. The first kappa shape index (κ1) is 26.0. The van der Waals surface area contributed by atoms with E-state index in [9.17, 15) is 0 Å². The highest BCUT2D eigenvalue weighted by Crippen LogP contribution is 2.49. The molecule has 7 rings (SSSR count). The highest BCUT2D eigenvalue weighted by molar-refractivity contribution is 14.1.